The molecule has 11 nitrogen and oxygen atoms in total. The zero-order valence-corrected chi connectivity index (χ0v) is 22.0. The van der Waals surface area contributed by atoms with Crippen molar-refractivity contribution in [3.8, 4) is 12.1 Å². The summed E-state index contributed by atoms with van der Waals surface area (Å²) in [5.41, 5.74) is -1.48. The molecule has 0 radical (unpaired) electrons. The van der Waals surface area contributed by atoms with Crippen LogP contribution < -0.4 is 14.9 Å². The molecule has 0 saturated heterocycles. The Kier molecular flexibility index (Phi) is 8.72. The van der Waals surface area contributed by atoms with Crippen molar-refractivity contribution in [3.05, 3.63) is 70.4 Å². The van der Waals surface area contributed by atoms with Gasteiger partial charge in [0.2, 0.25) is 10.0 Å². The summed E-state index contributed by atoms with van der Waals surface area (Å²) in [5.74, 6) is 0. The van der Waals surface area contributed by atoms with Crippen LogP contribution in [0.5, 0.6) is 0 Å². The molecule has 3 amide bonds. The lowest BCUT2D eigenvalue weighted by atomic mass is 9.94. The lowest BCUT2D eigenvalue weighted by Gasteiger charge is -2.34. The molecule has 40 heavy (non-hydrogen) atoms. The lowest BCUT2D eigenvalue weighted by molar-refractivity contribution is -0.137. The summed E-state index contributed by atoms with van der Waals surface area (Å²) in [6, 6.07) is 8.99. The predicted molar refractivity (Wildman–Crippen MR) is 135 cm³/mol. The molecule has 2 aromatic carbocycles. The number of allylic oxidation sites excluding steroid dienone is 1. The zero-order valence-electron chi connectivity index (χ0n) is 21.2. The Morgan fingerprint density at radius 1 is 1.20 bits per heavy atom. The molecule has 0 aromatic heterocycles. The highest BCUT2D eigenvalue weighted by Crippen LogP contribution is 2.38. The second-order valence-corrected chi connectivity index (χ2v) is 10.2. The van der Waals surface area contributed by atoms with Crippen LogP contribution in [0.2, 0.25) is 0 Å². The summed E-state index contributed by atoms with van der Waals surface area (Å²) < 4.78 is 68.6. The lowest BCUT2D eigenvalue weighted by Crippen LogP contribution is -2.47. The Balaban J connectivity index is 2.07. The van der Waals surface area contributed by atoms with Gasteiger partial charge in [0, 0.05) is 25.3 Å². The number of urea groups is 1. The first-order valence-electron chi connectivity index (χ1n) is 11.7. The molecule has 1 atom stereocenters. The standard InChI is InChI=1S/C25H23F3N6O5S/c1-3-33(24(36)37)10-9-31-40(38,39)21-11-16(13-29)7-8-19(21)22-20(14-30)15(2)34(23(35)32-22)18-6-4-5-17(12-18)25(26,27)28/h4-8,11-12,22,31H,3,9-10H2,1-2H3,(H,32,35)(H,36,37)/t22-/m1/s1. The minimum absolute atomic E-state index is 0.0312. The highest BCUT2D eigenvalue weighted by molar-refractivity contribution is 7.89. The van der Waals surface area contributed by atoms with E-state index in [2.05, 4.69) is 10.0 Å². The van der Waals surface area contributed by atoms with Crippen LogP contribution in [-0.4, -0.2) is 50.2 Å². The number of anilines is 1. The molecule has 1 aliphatic heterocycles. The summed E-state index contributed by atoms with van der Waals surface area (Å²) in [6.45, 7) is 2.54. The van der Waals surface area contributed by atoms with Gasteiger partial charge in [-0.25, -0.2) is 22.7 Å². The predicted octanol–water partition coefficient (Wildman–Crippen LogP) is 3.92. The molecule has 210 valence electrons. The Bertz CT molecular complexity index is 1560. The fraction of sp³-hybridized carbons (Fsp3) is 0.280. The highest BCUT2D eigenvalue weighted by Gasteiger charge is 2.37. The number of nitrogens with zero attached hydrogens (tertiary/aromatic N) is 4. The van der Waals surface area contributed by atoms with E-state index in [9.17, 15) is 41.7 Å². The van der Waals surface area contributed by atoms with Crippen LogP contribution in [-0.2, 0) is 16.2 Å². The van der Waals surface area contributed by atoms with Gasteiger partial charge in [-0.2, -0.15) is 23.7 Å². The fourth-order valence-electron chi connectivity index (χ4n) is 4.11. The van der Waals surface area contributed by atoms with Gasteiger partial charge in [0.1, 0.15) is 0 Å². The van der Waals surface area contributed by atoms with Crippen molar-refractivity contribution in [3.63, 3.8) is 0 Å². The molecular formula is C25H23F3N6O5S. The summed E-state index contributed by atoms with van der Waals surface area (Å²) in [5, 5.41) is 30.9. The minimum atomic E-state index is -4.68. The van der Waals surface area contributed by atoms with Crippen LogP contribution >= 0.6 is 0 Å². The highest BCUT2D eigenvalue weighted by atomic mass is 32.2. The molecular weight excluding hydrogens is 553 g/mol. The largest absolute Gasteiger partial charge is 0.465 e. The number of nitriles is 2. The smallest absolute Gasteiger partial charge is 0.416 e. The Labute approximate surface area is 227 Å². The number of hydrogen-bond acceptors (Lipinski definition) is 6. The third-order valence-electron chi connectivity index (χ3n) is 6.11. The normalized spacial score (nSPS) is 15.7. The van der Waals surface area contributed by atoms with Gasteiger partial charge in [0.05, 0.1) is 45.5 Å². The Morgan fingerprint density at radius 2 is 1.90 bits per heavy atom. The number of hydrogen-bond donors (Lipinski definition) is 3. The number of alkyl halides is 3. The third-order valence-corrected chi connectivity index (χ3v) is 7.62. The molecule has 1 heterocycles. The maximum atomic E-state index is 13.3. The monoisotopic (exact) mass is 576 g/mol. The van der Waals surface area contributed by atoms with E-state index in [1.165, 1.54) is 25.1 Å². The summed E-state index contributed by atoms with van der Waals surface area (Å²) >= 11 is 0. The fourth-order valence-corrected chi connectivity index (χ4v) is 5.40. The number of rotatable bonds is 8. The minimum Gasteiger partial charge on any atom is -0.465 e. The average molecular weight is 577 g/mol. The van der Waals surface area contributed by atoms with Crippen LogP contribution in [0, 0.1) is 22.7 Å². The van der Waals surface area contributed by atoms with E-state index in [4.69, 9.17) is 5.11 Å². The first kappa shape index (κ1) is 29.9. The van der Waals surface area contributed by atoms with Gasteiger partial charge in [-0.05, 0) is 49.7 Å². The Morgan fingerprint density at radius 3 is 2.48 bits per heavy atom. The van der Waals surface area contributed by atoms with Gasteiger partial charge in [-0.15, -0.1) is 0 Å². The van der Waals surface area contributed by atoms with Crippen LogP contribution in [0.25, 0.3) is 0 Å². The second kappa shape index (κ2) is 11.6. The maximum absolute atomic E-state index is 13.3. The topological polar surface area (TPSA) is 167 Å². The van der Waals surface area contributed by atoms with Crippen molar-refractivity contribution in [2.24, 2.45) is 0 Å². The molecule has 0 fully saturated rings. The van der Waals surface area contributed by atoms with Crippen LogP contribution in [0.15, 0.2) is 58.6 Å². The number of carbonyl (C=O) groups excluding carboxylic acids is 1. The summed E-state index contributed by atoms with van der Waals surface area (Å²) in [7, 11) is -4.40. The van der Waals surface area contributed by atoms with E-state index >= 15 is 0 Å². The third kappa shape index (κ3) is 6.17. The van der Waals surface area contributed by atoms with Crippen LogP contribution in [0.3, 0.4) is 0 Å². The molecule has 0 unspecified atom stereocenters. The first-order valence-corrected chi connectivity index (χ1v) is 13.1. The van der Waals surface area contributed by atoms with E-state index < -0.39 is 44.8 Å². The van der Waals surface area contributed by atoms with Gasteiger partial charge in [0.25, 0.3) is 0 Å². The molecule has 0 saturated carbocycles. The number of nitrogens with one attached hydrogen (secondary N) is 2. The van der Waals surface area contributed by atoms with Gasteiger partial charge in [0.15, 0.2) is 0 Å². The summed E-state index contributed by atoms with van der Waals surface area (Å²) in [4.78, 5) is 25.8. The molecule has 0 spiro atoms. The van der Waals surface area contributed by atoms with E-state index in [0.29, 0.717) is 0 Å². The zero-order chi connectivity index (χ0) is 29.8. The second-order valence-electron chi connectivity index (χ2n) is 8.50. The van der Waals surface area contributed by atoms with Crippen molar-refractivity contribution in [1.82, 2.24) is 14.9 Å². The van der Waals surface area contributed by atoms with E-state index in [-0.39, 0.29) is 47.7 Å². The van der Waals surface area contributed by atoms with Crippen LogP contribution in [0.4, 0.5) is 28.4 Å². The number of halogens is 3. The molecule has 15 heteroatoms. The van der Waals surface area contributed by atoms with Crippen molar-refractivity contribution in [2.75, 3.05) is 24.5 Å². The van der Waals surface area contributed by atoms with Gasteiger partial charge in [-0.1, -0.05) is 12.1 Å². The van der Waals surface area contributed by atoms with E-state index in [0.717, 1.165) is 34.1 Å². The van der Waals surface area contributed by atoms with Gasteiger partial charge < -0.3 is 15.3 Å². The molecule has 3 rings (SSSR count). The molecule has 3 N–H and O–H groups in total. The number of carboxylic acid groups (broad SMARTS) is 1. The first-order chi connectivity index (χ1) is 18.7. The Hall–Kier alpha value is -4.60. The SMILES string of the molecule is CCN(CCNS(=O)(=O)c1cc(C#N)ccc1[C@H]1NC(=O)N(c2cccc(C(F)(F)F)c2)C(C)=C1C#N)C(=O)O. The van der Waals surface area contributed by atoms with Crippen molar-refractivity contribution in [2.45, 2.75) is 31.0 Å². The number of likely N-dealkylation sites (N-methyl/N-ethyl adjacent to an activating group) is 1. The van der Waals surface area contributed by atoms with Crippen LogP contribution in [0.1, 0.15) is 36.6 Å². The van der Waals surface area contributed by atoms with E-state index in [1.54, 1.807) is 6.92 Å². The number of sulfonamides is 1. The summed E-state index contributed by atoms with van der Waals surface area (Å²) in [6.07, 6.45) is -5.93. The number of amides is 3. The van der Waals surface area contributed by atoms with Crippen molar-refractivity contribution in [1.29, 1.82) is 10.5 Å². The average Bonchev–Trinajstić information content (AvgIpc) is 2.90. The number of benzene rings is 2. The van der Waals surface area contributed by atoms with Crippen molar-refractivity contribution < 1.29 is 36.3 Å². The molecule has 0 aliphatic carbocycles. The van der Waals surface area contributed by atoms with Gasteiger partial charge >= 0.3 is 18.3 Å². The van der Waals surface area contributed by atoms with Crippen molar-refractivity contribution >= 4 is 27.8 Å². The quantitative estimate of drug-likeness (QED) is 0.428. The molecule has 1 aliphatic rings. The maximum Gasteiger partial charge on any atom is 0.416 e. The molecule has 0 bridgehead atoms. The van der Waals surface area contributed by atoms with Gasteiger partial charge in [-0.3, -0.25) is 4.90 Å². The number of carbonyl (C=O) groups is 2. The molecule has 2 aromatic rings. The van der Waals surface area contributed by atoms with E-state index in [1.807, 2.05) is 12.1 Å².